The number of carbonyl (C=O) groups is 1. The van der Waals surface area contributed by atoms with Crippen LogP contribution in [0.1, 0.15) is 34.2 Å². The van der Waals surface area contributed by atoms with Crippen molar-refractivity contribution in [2.24, 2.45) is 0 Å². The molecule has 0 unspecified atom stereocenters. The molecule has 0 fully saturated rings. The molecule has 0 saturated heterocycles. The number of amides is 1. The molecule has 0 aliphatic rings. The molecule has 8 nitrogen and oxygen atoms in total. The van der Waals surface area contributed by atoms with Crippen molar-refractivity contribution in [2.45, 2.75) is 33.7 Å². The van der Waals surface area contributed by atoms with Crippen molar-refractivity contribution in [2.75, 3.05) is 6.54 Å². The molecule has 8 heteroatoms. The Balaban J connectivity index is 1.47. The van der Waals surface area contributed by atoms with Gasteiger partial charge in [-0.2, -0.15) is 9.78 Å². The van der Waals surface area contributed by atoms with Gasteiger partial charge in [0.25, 0.3) is 5.91 Å². The maximum atomic E-state index is 12.7. The van der Waals surface area contributed by atoms with E-state index < -0.39 is 0 Å². The number of carbonyl (C=O) groups excluding carboxylic acids is 1. The van der Waals surface area contributed by atoms with Crippen molar-refractivity contribution >= 4 is 17.1 Å². The highest BCUT2D eigenvalue weighted by atomic mass is 16.1. The van der Waals surface area contributed by atoms with Gasteiger partial charge in [0.2, 0.25) is 0 Å². The predicted molar refractivity (Wildman–Crippen MR) is 110 cm³/mol. The number of hydrogen-bond donors (Lipinski definition) is 1. The molecule has 1 amide bonds. The molecule has 3 heterocycles. The zero-order valence-corrected chi connectivity index (χ0v) is 16.8. The number of nitrogens with one attached hydrogen (secondary N) is 1. The lowest BCUT2D eigenvalue weighted by atomic mass is 10.1. The van der Waals surface area contributed by atoms with Crippen molar-refractivity contribution in [1.82, 2.24) is 35.1 Å². The third-order valence-corrected chi connectivity index (χ3v) is 5.05. The Kier molecular flexibility index (Phi) is 5.07. The first-order valence-electron chi connectivity index (χ1n) is 9.66. The van der Waals surface area contributed by atoms with Crippen LogP contribution in [0, 0.1) is 13.8 Å². The van der Waals surface area contributed by atoms with Crippen LogP contribution in [0.15, 0.2) is 42.6 Å². The molecule has 1 N–H and O–H groups in total. The zero-order valence-electron chi connectivity index (χ0n) is 16.8. The van der Waals surface area contributed by atoms with E-state index in [2.05, 4.69) is 39.6 Å². The van der Waals surface area contributed by atoms with E-state index in [0.29, 0.717) is 23.3 Å². The monoisotopic (exact) mass is 389 g/mol. The van der Waals surface area contributed by atoms with Gasteiger partial charge >= 0.3 is 0 Å². The molecular formula is C21H23N7O. The van der Waals surface area contributed by atoms with Gasteiger partial charge < -0.3 is 5.32 Å². The summed E-state index contributed by atoms with van der Waals surface area (Å²) in [6, 6.07) is 11.0. The molecule has 148 valence electrons. The Hall–Kier alpha value is -3.55. The number of fused-ring (bicyclic) bond motifs is 1. The van der Waals surface area contributed by atoms with Crippen LogP contribution in [-0.4, -0.2) is 42.2 Å². The Morgan fingerprint density at radius 1 is 1.17 bits per heavy atom. The van der Waals surface area contributed by atoms with E-state index >= 15 is 0 Å². The molecule has 0 bridgehead atoms. The summed E-state index contributed by atoms with van der Waals surface area (Å²) >= 11 is 0. The summed E-state index contributed by atoms with van der Waals surface area (Å²) in [6.45, 7) is 7.55. The van der Waals surface area contributed by atoms with Crippen LogP contribution in [0.25, 0.3) is 16.9 Å². The summed E-state index contributed by atoms with van der Waals surface area (Å²) in [5.74, 6) is -0.123. The zero-order chi connectivity index (χ0) is 20.4. The van der Waals surface area contributed by atoms with E-state index in [1.165, 1.54) is 5.56 Å². The molecule has 29 heavy (non-hydrogen) atoms. The van der Waals surface area contributed by atoms with E-state index in [9.17, 15) is 4.79 Å². The van der Waals surface area contributed by atoms with Crippen molar-refractivity contribution in [3.63, 3.8) is 0 Å². The highest BCUT2D eigenvalue weighted by Gasteiger charge is 2.13. The second-order valence-electron chi connectivity index (χ2n) is 6.87. The first-order valence-corrected chi connectivity index (χ1v) is 9.66. The SMILES string of the molecule is CCn1nc(C)c(CCNC(=O)c2cccc(-n3nnc4cccnc43)c2)c1C. The minimum atomic E-state index is -0.123. The lowest BCUT2D eigenvalue weighted by Gasteiger charge is -2.08. The Labute approximate surface area is 168 Å². The molecule has 4 aromatic rings. The van der Waals surface area contributed by atoms with Gasteiger partial charge in [-0.1, -0.05) is 11.3 Å². The van der Waals surface area contributed by atoms with Crippen molar-refractivity contribution in [3.8, 4) is 5.69 Å². The van der Waals surface area contributed by atoms with Crippen molar-refractivity contribution < 1.29 is 4.79 Å². The summed E-state index contributed by atoms with van der Waals surface area (Å²) < 4.78 is 3.63. The molecular weight excluding hydrogens is 366 g/mol. The number of hydrogen-bond acceptors (Lipinski definition) is 5. The third kappa shape index (κ3) is 3.61. The molecule has 1 aromatic carbocycles. The average Bonchev–Trinajstić information content (AvgIpc) is 3.29. The minimum Gasteiger partial charge on any atom is -0.352 e. The first-order chi connectivity index (χ1) is 14.1. The average molecular weight is 389 g/mol. The molecule has 0 aliphatic heterocycles. The Morgan fingerprint density at radius 2 is 2.03 bits per heavy atom. The van der Waals surface area contributed by atoms with Crippen LogP contribution < -0.4 is 5.32 Å². The lowest BCUT2D eigenvalue weighted by Crippen LogP contribution is -2.26. The van der Waals surface area contributed by atoms with Crippen molar-refractivity contribution in [1.29, 1.82) is 0 Å². The van der Waals surface area contributed by atoms with E-state index in [1.54, 1.807) is 23.0 Å². The number of aromatic nitrogens is 6. The number of pyridine rings is 1. The summed E-state index contributed by atoms with van der Waals surface area (Å²) in [7, 11) is 0. The minimum absolute atomic E-state index is 0.123. The van der Waals surface area contributed by atoms with Gasteiger partial charge in [-0.15, -0.1) is 5.10 Å². The standard InChI is InChI=1S/C21H23N7O/c1-4-27-15(3)18(14(2)25-27)10-12-23-21(29)16-7-5-8-17(13-16)28-20-19(24-26-28)9-6-11-22-20/h5-9,11,13H,4,10,12H2,1-3H3,(H,23,29). The highest BCUT2D eigenvalue weighted by molar-refractivity contribution is 5.94. The van der Waals surface area contributed by atoms with Crippen LogP contribution >= 0.6 is 0 Å². The second-order valence-corrected chi connectivity index (χ2v) is 6.87. The van der Waals surface area contributed by atoms with Gasteiger partial charge in [0.1, 0.15) is 5.52 Å². The van der Waals surface area contributed by atoms with Crippen LogP contribution in [0.4, 0.5) is 0 Å². The van der Waals surface area contributed by atoms with Crippen LogP contribution in [-0.2, 0) is 13.0 Å². The predicted octanol–water partition coefficient (Wildman–Crippen LogP) is 2.62. The number of rotatable bonds is 6. The fraction of sp³-hybridized carbons (Fsp3) is 0.286. The molecule has 0 atom stereocenters. The highest BCUT2D eigenvalue weighted by Crippen LogP contribution is 2.16. The maximum Gasteiger partial charge on any atom is 0.251 e. The fourth-order valence-corrected chi connectivity index (χ4v) is 3.52. The second kappa shape index (κ2) is 7.83. The van der Waals surface area contributed by atoms with Gasteiger partial charge in [-0.05, 0) is 63.1 Å². The molecule has 0 spiro atoms. The number of aryl methyl sites for hydroxylation is 2. The molecule has 3 aromatic heterocycles. The molecule has 4 rings (SSSR count). The topological polar surface area (TPSA) is 90.5 Å². The summed E-state index contributed by atoms with van der Waals surface area (Å²) in [4.78, 5) is 17.0. The number of benzene rings is 1. The molecule has 0 saturated carbocycles. The Morgan fingerprint density at radius 3 is 2.83 bits per heavy atom. The molecule has 0 aliphatic carbocycles. The van der Waals surface area contributed by atoms with Crippen LogP contribution in [0.5, 0.6) is 0 Å². The van der Waals surface area contributed by atoms with Crippen molar-refractivity contribution in [3.05, 3.63) is 65.1 Å². The largest absolute Gasteiger partial charge is 0.352 e. The summed E-state index contributed by atoms with van der Waals surface area (Å²) in [5, 5.41) is 15.8. The van der Waals surface area contributed by atoms with E-state index in [-0.39, 0.29) is 5.91 Å². The molecule has 0 radical (unpaired) electrons. The van der Waals surface area contributed by atoms with Crippen LogP contribution in [0.2, 0.25) is 0 Å². The van der Waals surface area contributed by atoms with Gasteiger partial charge in [0.05, 0.1) is 11.4 Å². The number of nitrogens with zero attached hydrogens (tertiary/aromatic N) is 6. The van der Waals surface area contributed by atoms with Gasteiger partial charge in [-0.3, -0.25) is 9.48 Å². The summed E-state index contributed by atoms with van der Waals surface area (Å²) in [6.07, 6.45) is 2.45. The maximum absolute atomic E-state index is 12.7. The van der Waals surface area contributed by atoms with E-state index in [1.807, 2.05) is 35.9 Å². The third-order valence-electron chi connectivity index (χ3n) is 5.05. The first kappa shape index (κ1) is 18.8. The van der Waals surface area contributed by atoms with Crippen LogP contribution in [0.3, 0.4) is 0 Å². The van der Waals surface area contributed by atoms with E-state index in [0.717, 1.165) is 30.0 Å². The quantitative estimate of drug-likeness (QED) is 0.547. The van der Waals surface area contributed by atoms with E-state index in [4.69, 9.17) is 0 Å². The fourth-order valence-electron chi connectivity index (χ4n) is 3.52. The normalized spacial score (nSPS) is 11.1. The van der Waals surface area contributed by atoms with Gasteiger partial charge in [-0.25, -0.2) is 4.98 Å². The van der Waals surface area contributed by atoms with Gasteiger partial charge in [0.15, 0.2) is 5.65 Å². The van der Waals surface area contributed by atoms with Gasteiger partial charge in [0, 0.05) is 30.5 Å². The lowest BCUT2D eigenvalue weighted by molar-refractivity contribution is 0.0954. The Bertz CT molecular complexity index is 1170. The smallest absolute Gasteiger partial charge is 0.251 e. The summed E-state index contributed by atoms with van der Waals surface area (Å²) in [5.41, 5.74) is 6.05.